The normalized spacial score (nSPS) is 22.9. The van der Waals surface area contributed by atoms with Crippen LogP contribution in [0.25, 0.3) is 0 Å². The minimum atomic E-state index is 0.631. The van der Waals surface area contributed by atoms with E-state index in [1.54, 1.807) is 0 Å². The summed E-state index contributed by atoms with van der Waals surface area (Å²) in [4.78, 5) is 2.60. The molecule has 2 nitrogen and oxygen atoms in total. The predicted molar refractivity (Wildman–Crippen MR) is 73.5 cm³/mol. The second kappa shape index (κ2) is 5.01. The fourth-order valence-corrected chi connectivity index (χ4v) is 3.97. The van der Waals surface area contributed by atoms with Gasteiger partial charge in [-0.3, -0.25) is 4.90 Å². The third kappa shape index (κ3) is 2.51. The van der Waals surface area contributed by atoms with Gasteiger partial charge in [-0.1, -0.05) is 36.2 Å². The molecule has 0 radical (unpaired) electrons. The van der Waals surface area contributed by atoms with Crippen LogP contribution in [-0.2, 0) is 13.1 Å². The Morgan fingerprint density at radius 1 is 1.06 bits per heavy atom. The number of nitrogens with zero attached hydrogens (tertiary/aromatic N) is 2. The van der Waals surface area contributed by atoms with E-state index in [-0.39, 0.29) is 0 Å². The van der Waals surface area contributed by atoms with Crippen LogP contribution in [0.4, 0.5) is 0 Å². The maximum atomic E-state index is 2.60. The number of rotatable bonds is 3. The van der Waals surface area contributed by atoms with Crippen molar-refractivity contribution in [3.8, 4) is 0 Å². The number of benzene rings is 1. The van der Waals surface area contributed by atoms with Gasteiger partial charge in [-0.15, -0.1) is 0 Å². The van der Waals surface area contributed by atoms with Crippen molar-refractivity contribution in [3.63, 3.8) is 0 Å². The van der Waals surface area contributed by atoms with Gasteiger partial charge in [0.25, 0.3) is 0 Å². The lowest BCUT2D eigenvalue weighted by Crippen LogP contribution is -2.30. The van der Waals surface area contributed by atoms with Gasteiger partial charge in [0.2, 0.25) is 0 Å². The van der Waals surface area contributed by atoms with Crippen LogP contribution >= 0.6 is 11.9 Å². The standard InChI is InChI=1S/C14H20N2S/c1-12(15-8-4-5-9-15)17-16-10-13-6-2-3-7-14(13)11-16/h2-3,6-7,12H,4-5,8-11H2,1H3. The molecule has 1 aromatic rings. The van der Waals surface area contributed by atoms with Gasteiger partial charge < -0.3 is 0 Å². The van der Waals surface area contributed by atoms with Gasteiger partial charge in [0.1, 0.15) is 0 Å². The molecule has 17 heavy (non-hydrogen) atoms. The molecule has 0 N–H and O–H groups in total. The smallest absolute Gasteiger partial charge is 0.0677 e. The summed E-state index contributed by atoms with van der Waals surface area (Å²) < 4.78 is 2.51. The highest BCUT2D eigenvalue weighted by atomic mass is 32.2. The van der Waals surface area contributed by atoms with Crippen molar-refractivity contribution in [2.45, 2.75) is 38.2 Å². The maximum absolute atomic E-state index is 2.60. The molecule has 1 atom stereocenters. The van der Waals surface area contributed by atoms with Crippen molar-refractivity contribution < 1.29 is 0 Å². The molecular weight excluding hydrogens is 228 g/mol. The van der Waals surface area contributed by atoms with Crippen LogP contribution in [0.15, 0.2) is 24.3 Å². The highest BCUT2D eigenvalue weighted by molar-refractivity contribution is 7.97. The second-order valence-electron chi connectivity index (χ2n) is 5.01. The summed E-state index contributed by atoms with van der Waals surface area (Å²) in [6, 6.07) is 8.82. The van der Waals surface area contributed by atoms with E-state index in [4.69, 9.17) is 0 Å². The Labute approximate surface area is 108 Å². The largest absolute Gasteiger partial charge is 0.291 e. The van der Waals surface area contributed by atoms with Crippen LogP contribution in [0.1, 0.15) is 30.9 Å². The summed E-state index contributed by atoms with van der Waals surface area (Å²) in [6.45, 7) is 7.14. The Kier molecular flexibility index (Phi) is 3.41. The quantitative estimate of drug-likeness (QED) is 0.759. The molecule has 0 bridgehead atoms. The first-order chi connectivity index (χ1) is 8.33. The van der Waals surface area contributed by atoms with Crippen molar-refractivity contribution in [2.24, 2.45) is 0 Å². The summed E-state index contributed by atoms with van der Waals surface area (Å²) in [5, 5.41) is 0.631. The molecule has 0 aliphatic carbocycles. The third-order valence-electron chi connectivity index (χ3n) is 3.77. The zero-order valence-corrected chi connectivity index (χ0v) is 11.2. The molecule has 92 valence electrons. The van der Waals surface area contributed by atoms with Crippen LogP contribution < -0.4 is 0 Å². The number of fused-ring (bicyclic) bond motifs is 1. The van der Waals surface area contributed by atoms with Crippen molar-refractivity contribution in [2.75, 3.05) is 13.1 Å². The van der Waals surface area contributed by atoms with Crippen molar-refractivity contribution in [1.29, 1.82) is 0 Å². The Bertz CT molecular complexity index is 363. The molecule has 3 rings (SSSR count). The minimum Gasteiger partial charge on any atom is -0.291 e. The van der Waals surface area contributed by atoms with E-state index in [2.05, 4.69) is 40.4 Å². The fourth-order valence-electron chi connectivity index (χ4n) is 2.76. The third-order valence-corrected chi connectivity index (χ3v) is 4.93. The Morgan fingerprint density at radius 2 is 1.65 bits per heavy atom. The molecule has 0 spiro atoms. The lowest BCUT2D eigenvalue weighted by atomic mass is 10.1. The van der Waals surface area contributed by atoms with Gasteiger partial charge >= 0.3 is 0 Å². The Balaban J connectivity index is 1.58. The van der Waals surface area contributed by atoms with E-state index in [1.807, 2.05) is 11.9 Å². The zero-order chi connectivity index (χ0) is 11.7. The maximum Gasteiger partial charge on any atom is 0.0677 e. The summed E-state index contributed by atoms with van der Waals surface area (Å²) >= 11 is 2.02. The van der Waals surface area contributed by atoms with Gasteiger partial charge in [-0.25, -0.2) is 4.31 Å². The number of hydrogen-bond acceptors (Lipinski definition) is 3. The topological polar surface area (TPSA) is 6.48 Å². The highest BCUT2D eigenvalue weighted by Crippen LogP contribution is 2.32. The van der Waals surface area contributed by atoms with Crippen molar-refractivity contribution in [1.82, 2.24) is 9.21 Å². The van der Waals surface area contributed by atoms with E-state index in [1.165, 1.54) is 37.1 Å². The molecule has 1 unspecified atom stereocenters. The molecule has 1 aromatic carbocycles. The number of likely N-dealkylation sites (tertiary alicyclic amines) is 1. The SMILES string of the molecule is CC(SN1Cc2ccccc2C1)N1CCCC1. The van der Waals surface area contributed by atoms with Crippen LogP contribution in [0.2, 0.25) is 0 Å². The van der Waals surface area contributed by atoms with E-state index in [9.17, 15) is 0 Å². The van der Waals surface area contributed by atoms with Gasteiger partial charge in [0, 0.05) is 13.1 Å². The molecule has 1 fully saturated rings. The molecule has 2 heterocycles. The van der Waals surface area contributed by atoms with Crippen LogP contribution in [-0.4, -0.2) is 27.7 Å². The summed E-state index contributed by atoms with van der Waals surface area (Å²) in [5.41, 5.74) is 3.02. The van der Waals surface area contributed by atoms with E-state index >= 15 is 0 Å². The van der Waals surface area contributed by atoms with Crippen molar-refractivity contribution >= 4 is 11.9 Å². The fraction of sp³-hybridized carbons (Fsp3) is 0.571. The lowest BCUT2D eigenvalue weighted by molar-refractivity contribution is 0.324. The van der Waals surface area contributed by atoms with Gasteiger partial charge in [-0.05, 0) is 44.0 Å². The monoisotopic (exact) mass is 248 g/mol. The summed E-state index contributed by atoms with van der Waals surface area (Å²) in [7, 11) is 0. The van der Waals surface area contributed by atoms with Crippen LogP contribution in [0.5, 0.6) is 0 Å². The lowest BCUT2D eigenvalue weighted by Gasteiger charge is -2.26. The predicted octanol–water partition coefficient (Wildman–Crippen LogP) is 3.09. The first kappa shape index (κ1) is 11.6. The van der Waals surface area contributed by atoms with Gasteiger partial charge in [-0.2, -0.15) is 0 Å². The Morgan fingerprint density at radius 3 is 2.24 bits per heavy atom. The van der Waals surface area contributed by atoms with E-state index in [0.717, 1.165) is 13.1 Å². The molecular formula is C14H20N2S. The molecule has 1 saturated heterocycles. The highest BCUT2D eigenvalue weighted by Gasteiger charge is 2.24. The molecule has 0 amide bonds. The zero-order valence-electron chi connectivity index (χ0n) is 10.4. The molecule has 2 aliphatic rings. The minimum absolute atomic E-state index is 0.631. The molecule has 0 aromatic heterocycles. The second-order valence-corrected chi connectivity index (χ2v) is 6.42. The summed E-state index contributed by atoms with van der Waals surface area (Å²) in [6.07, 6.45) is 2.76. The summed E-state index contributed by atoms with van der Waals surface area (Å²) in [5.74, 6) is 0. The average Bonchev–Trinajstić information content (AvgIpc) is 2.97. The van der Waals surface area contributed by atoms with Gasteiger partial charge in [0.05, 0.1) is 5.37 Å². The van der Waals surface area contributed by atoms with E-state index in [0.29, 0.717) is 5.37 Å². The first-order valence-corrected chi connectivity index (χ1v) is 7.39. The van der Waals surface area contributed by atoms with Crippen molar-refractivity contribution in [3.05, 3.63) is 35.4 Å². The number of hydrogen-bond donors (Lipinski definition) is 0. The van der Waals surface area contributed by atoms with Gasteiger partial charge in [0.15, 0.2) is 0 Å². The van der Waals surface area contributed by atoms with E-state index < -0.39 is 0 Å². The molecule has 2 aliphatic heterocycles. The van der Waals surface area contributed by atoms with Crippen LogP contribution in [0, 0.1) is 0 Å². The van der Waals surface area contributed by atoms with Crippen LogP contribution in [0.3, 0.4) is 0 Å². The Hall–Kier alpha value is -0.510. The molecule has 3 heteroatoms. The first-order valence-electron chi connectivity index (χ1n) is 6.55. The average molecular weight is 248 g/mol. The molecule has 0 saturated carbocycles.